The van der Waals surface area contributed by atoms with Crippen LogP contribution in [0.15, 0.2) is 59.5 Å². The monoisotopic (exact) mass is 301 g/mol. The normalized spacial score (nSPS) is 24.0. The Balaban J connectivity index is 2.18. The van der Waals surface area contributed by atoms with Crippen molar-refractivity contribution >= 4 is 9.84 Å². The van der Waals surface area contributed by atoms with Crippen LogP contribution in [0.1, 0.15) is 30.5 Å². The van der Waals surface area contributed by atoms with Crippen LogP contribution < -0.4 is 5.32 Å². The third-order valence-electron chi connectivity index (χ3n) is 4.11. The molecule has 2 aromatic rings. The van der Waals surface area contributed by atoms with Crippen molar-refractivity contribution in [1.29, 1.82) is 0 Å². The summed E-state index contributed by atoms with van der Waals surface area (Å²) < 4.78 is 25.6. The van der Waals surface area contributed by atoms with Crippen molar-refractivity contribution in [2.24, 2.45) is 0 Å². The molecule has 0 saturated heterocycles. The molecule has 0 aromatic heterocycles. The predicted molar refractivity (Wildman–Crippen MR) is 84.0 cm³/mol. The second-order valence-electron chi connectivity index (χ2n) is 5.37. The Morgan fingerprint density at radius 3 is 2.43 bits per heavy atom. The Hall–Kier alpha value is -1.65. The summed E-state index contributed by atoms with van der Waals surface area (Å²) in [7, 11) is -3.27. The quantitative estimate of drug-likeness (QED) is 0.927. The van der Waals surface area contributed by atoms with Crippen molar-refractivity contribution in [2.75, 3.05) is 6.54 Å². The van der Waals surface area contributed by atoms with Crippen LogP contribution in [-0.4, -0.2) is 20.2 Å². The zero-order valence-electron chi connectivity index (χ0n) is 12.0. The largest absolute Gasteiger partial charge is 0.305 e. The van der Waals surface area contributed by atoms with Crippen molar-refractivity contribution in [2.45, 2.75) is 29.5 Å². The van der Waals surface area contributed by atoms with Crippen molar-refractivity contribution in [3.8, 4) is 0 Å². The van der Waals surface area contributed by atoms with Gasteiger partial charge >= 0.3 is 0 Å². The summed E-state index contributed by atoms with van der Waals surface area (Å²) in [5, 5.41) is 3.06. The summed E-state index contributed by atoms with van der Waals surface area (Å²) in [4.78, 5) is 0.468. The van der Waals surface area contributed by atoms with E-state index in [1.54, 1.807) is 12.1 Å². The molecule has 0 fully saturated rings. The molecular formula is C17H19NO2S. The van der Waals surface area contributed by atoms with Crippen molar-refractivity contribution in [3.05, 3.63) is 65.7 Å². The van der Waals surface area contributed by atoms with Gasteiger partial charge in [-0.05, 0) is 23.6 Å². The average Bonchev–Trinajstić information content (AvgIpc) is 2.63. The Morgan fingerprint density at radius 1 is 1.05 bits per heavy atom. The van der Waals surface area contributed by atoms with Gasteiger partial charge in [0.25, 0.3) is 0 Å². The van der Waals surface area contributed by atoms with Crippen LogP contribution in [0.25, 0.3) is 0 Å². The van der Waals surface area contributed by atoms with E-state index in [9.17, 15) is 8.42 Å². The second-order valence-corrected chi connectivity index (χ2v) is 7.56. The minimum atomic E-state index is -3.27. The van der Waals surface area contributed by atoms with E-state index >= 15 is 0 Å². The highest BCUT2D eigenvalue weighted by atomic mass is 32.2. The summed E-state index contributed by atoms with van der Waals surface area (Å²) in [6.45, 7) is 2.41. The molecule has 0 bridgehead atoms. The Labute approximate surface area is 125 Å². The number of hydrogen-bond donors (Lipinski definition) is 1. The van der Waals surface area contributed by atoms with Crippen molar-refractivity contribution in [3.63, 3.8) is 0 Å². The third-order valence-corrected chi connectivity index (χ3v) is 6.48. The average molecular weight is 301 g/mol. The van der Waals surface area contributed by atoms with Gasteiger partial charge < -0.3 is 5.32 Å². The first-order valence-corrected chi connectivity index (χ1v) is 8.80. The van der Waals surface area contributed by atoms with Gasteiger partial charge in [-0.2, -0.15) is 0 Å². The SMILES string of the molecule is CCC1CNC(c2ccccc2)c2ccccc2S1(=O)=O. The number of fused-ring (bicyclic) bond motifs is 1. The fourth-order valence-electron chi connectivity index (χ4n) is 2.93. The molecule has 0 amide bonds. The first-order chi connectivity index (χ1) is 10.1. The number of nitrogens with one attached hydrogen (secondary N) is 1. The van der Waals surface area contributed by atoms with Crippen molar-refractivity contribution < 1.29 is 8.42 Å². The van der Waals surface area contributed by atoms with Crippen LogP contribution in [-0.2, 0) is 9.84 Å². The predicted octanol–water partition coefficient (Wildman–Crippen LogP) is 2.93. The highest BCUT2D eigenvalue weighted by molar-refractivity contribution is 7.92. The minimum Gasteiger partial charge on any atom is -0.305 e. The lowest BCUT2D eigenvalue weighted by Crippen LogP contribution is -2.31. The van der Waals surface area contributed by atoms with Gasteiger partial charge in [0.1, 0.15) is 0 Å². The molecule has 1 heterocycles. The van der Waals surface area contributed by atoms with Crippen LogP contribution in [0.4, 0.5) is 0 Å². The van der Waals surface area contributed by atoms with E-state index in [0.29, 0.717) is 17.9 Å². The first kappa shape index (κ1) is 14.3. The van der Waals surface area contributed by atoms with E-state index in [0.717, 1.165) is 11.1 Å². The zero-order chi connectivity index (χ0) is 14.9. The maximum Gasteiger partial charge on any atom is 0.182 e. The van der Waals surface area contributed by atoms with E-state index in [1.807, 2.05) is 49.4 Å². The van der Waals surface area contributed by atoms with Crippen LogP contribution >= 0.6 is 0 Å². The molecule has 1 aliphatic heterocycles. The van der Waals surface area contributed by atoms with Gasteiger partial charge in [-0.3, -0.25) is 0 Å². The maximum atomic E-state index is 12.8. The summed E-state index contributed by atoms with van der Waals surface area (Å²) in [6, 6.07) is 17.3. The molecule has 1 aliphatic rings. The van der Waals surface area contributed by atoms with Gasteiger partial charge in [0.2, 0.25) is 0 Å². The minimum absolute atomic E-state index is 0.0753. The molecule has 0 radical (unpaired) electrons. The fourth-order valence-corrected chi connectivity index (χ4v) is 4.83. The molecule has 3 rings (SSSR count). The van der Waals surface area contributed by atoms with E-state index in [2.05, 4.69) is 5.32 Å². The zero-order valence-corrected chi connectivity index (χ0v) is 12.8. The van der Waals surface area contributed by atoms with E-state index in [1.165, 1.54) is 0 Å². The van der Waals surface area contributed by atoms with Gasteiger partial charge in [-0.1, -0.05) is 55.5 Å². The van der Waals surface area contributed by atoms with Gasteiger partial charge in [0.05, 0.1) is 16.2 Å². The molecule has 110 valence electrons. The van der Waals surface area contributed by atoms with E-state index < -0.39 is 9.84 Å². The molecule has 2 aromatic carbocycles. The molecule has 0 spiro atoms. The molecule has 4 heteroatoms. The number of hydrogen-bond acceptors (Lipinski definition) is 3. The standard InChI is InChI=1S/C17H19NO2S/c1-2-14-12-18-17(13-8-4-3-5-9-13)15-10-6-7-11-16(15)21(14,19)20/h3-11,14,17-18H,2,12H2,1H3. The third kappa shape index (κ3) is 2.49. The number of rotatable bonds is 2. The lowest BCUT2D eigenvalue weighted by atomic mass is 9.98. The van der Waals surface area contributed by atoms with Crippen LogP contribution in [0.3, 0.4) is 0 Å². The molecule has 0 saturated carbocycles. The lowest BCUT2D eigenvalue weighted by Gasteiger charge is -2.18. The van der Waals surface area contributed by atoms with E-state index in [-0.39, 0.29) is 11.3 Å². The van der Waals surface area contributed by atoms with Gasteiger partial charge in [-0.15, -0.1) is 0 Å². The molecule has 3 nitrogen and oxygen atoms in total. The molecule has 0 aliphatic carbocycles. The van der Waals surface area contributed by atoms with Gasteiger partial charge in [-0.25, -0.2) is 8.42 Å². The van der Waals surface area contributed by atoms with E-state index in [4.69, 9.17) is 0 Å². The summed E-state index contributed by atoms with van der Waals surface area (Å²) >= 11 is 0. The highest BCUT2D eigenvalue weighted by Crippen LogP contribution is 2.33. The topological polar surface area (TPSA) is 46.2 Å². The van der Waals surface area contributed by atoms with Crippen LogP contribution in [0.5, 0.6) is 0 Å². The number of sulfone groups is 1. The first-order valence-electron chi connectivity index (χ1n) is 7.25. The molecular weight excluding hydrogens is 282 g/mol. The summed E-state index contributed by atoms with van der Waals surface area (Å²) in [6.07, 6.45) is 0.616. The van der Waals surface area contributed by atoms with Crippen LogP contribution in [0, 0.1) is 0 Å². The highest BCUT2D eigenvalue weighted by Gasteiger charge is 2.34. The smallest absolute Gasteiger partial charge is 0.182 e. The molecule has 2 unspecified atom stereocenters. The molecule has 21 heavy (non-hydrogen) atoms. The summed E-state index contributed by atoms with van der Waals surface area (Å²) in [5.74, 6) is 0. The van der Waals surface area contributed by atoms with Gasteiger partial charge in [0.15, 0.2) is 9.84 Å². The Kier molecular flexibility index (Phi) is 3.83. The van der Waals surface area contributed by atoms with Crippen LogP contribution in [0.2, 0.25) is 0 Å². The fraction of sp³-hybridized carbons (Fsp3) is 0.294. The second kappa shape index (κ2) is 5.62. The molecule has 2 atom stereocenters. The Morgan fingerprint density at radius 2 is 1.71 bits per heavy atom. The van der Waals surface area contributed by atoms with Gasteiger partial charge in [0, 0.05) is 6.54 Å². The molecule has 1 N–H and O–H groups in total. The Bertz CT molecular complexity index is 725. The van der Waals surface area contributed by atoms with Crippen molar-refractivity contribution in [1.82, 2.24) is 5.32 Å². The maximum absolute atomic E-state index is 12.8. The summed E-state index contributed by atoms with van der Waals surface area (Å²) in [5.41, 5.74) is 1.94. The number of benzene rings is 2. The lowest BCUT2D eigenvalue weighted by molar-refractivity contribution is 0.556.